The molecule has 1 N–H and O–H groups in total. The van der Waals surface area contributed by atoms with Crippen molar-refractivity contribution in [3.63, 3.8) is 0 Å². The van der Waals surface area contributed by atoms with Crippen LogP contribution in [-0.2, 0) is 11.2 Å². The SMILES string of the molecule is CCc1nc(C)cc(N(C)CC2(O)CCOCC2)n1. The Hall–Kier alpha value is -1.20. The Balaban J connectivity index is 2.10. The molecule has 106 valence electrons. The molecule has 1 saturated heterocycles. The molecule has 0 radical (unpaired) electrons. The molecule has 5 heteroatoms. The van der Waals surface area contributed by atoms with Crippen molar-refractivity contribution in [1.29, 1.82) is 0 Å². The molecule has 2 heterocycles. The van der Waals surface area contributed by atoms with Crippen LogP contribution >= 0.6 is 0 Å². The molecule has 2 rings (SSSR count). The number of likely N-dealkylation sites (N-methyl/N-ethyl adjacent to an activating group) is 1. The Labute approximate surface area is 114 Å². The molecule has 1 fully saturated rings. The first-order valence-electron chi connectivity index (χ1n) is 6.88. The molecule has 19 heavy (non-hydrogen) atoms. The van der Waals surface area contributed by atoms with Gasteiger partial charge in [0.2, 0.25) is 0 Å². The fourth-order valence-electron chi connectivity index (χ4n) is 2.40. The monoisotopic (exact) mass is 265 g/mol. The zero-order chi connectivity index (χ0) is 13.9. The maximum Gasteiger partial charge on any atom is 0.132 e. The van der Waals surface area contributed by atoms with Gasteiger partial charge in [0, 0.05) is 57.8 Å². The fraction of sp³-hybridized carbons (Fsp3) is 0.714. The minimum Gasteiger partial charge on any atom is -0.388 e. The van der Waals surface area contributed by atoms with Gasteiger partial charge in [-0.15, -0.1) is 0 Å². The van der Waals surface area contributed by atoms with E-state index in [0.717, 1.165) is 23.8 Å². The summed E-state index contributed by atoms with van der Waals surface area (Å²) in [5, 5.41) is 10.5. The molecule has 0 unspecified atom stereocenters. The largest absolute Gasteiger partial charge is 0.388 e. The molecule has 0 saturated carbocycles. The van der Waals surface area contributed by atoms with Gasteiger partial charge in [0.1, 0.15) is 11.6 Å². The number of hydrogen-bond acceptors (Lipinski definition) is 5. The number of nitrogens with zero attached hydrogens (tertiary/aromatic N) is 3. The molecule has 1 aromatic rings. The third-order valence-electron chi connectivity index (χ3n) is 3.55. The maximum absolute atomic E-state index is 10.5. The van der Waals surface area contributed by atoms with Crippen molar-refractivity contribution < 1.29 is 9.84 Å². The molecule has 0 amide bonds. The molecule has 1 aliphatic rings. The van der Waals surface area contributed by atoms with E-state index in [-0.39, 0.29) is 0 Å². The Morgan fingerprint density at radius 3 is 2.68 bits per heavy atom. The van der Waals surface area contributed by atoms with Crippen LogP contribution in [0.4, 0.5) is 5.82 Å². The minimum absolute atomic E-state index is 0.579. The van der Waals surface area contributed by atoms with Crippen molar-refractivity contribution in [1.82, 2.24) is 9.97 Å². The van der Waals surface area contributed by atoms with Crippen LogP contribution in [0.25, 0.3) is 0 Å². The highest BCUT2D eigenvalue weighted by Gasteiger charge is 2.31. The van der Waals surface area contributed by atoms with Crippen LogP contribution in [0.3, 0.4) is 0 Å². The lowest BCUT2D eigenvalue weighted by Crippen LogP contribution is -2.46. The molecule has 0 spiro atoms. The number of hydrogen-bond donors (Lipinski definition) is 1. The quantitative estimate of drug-likeness (QED) is 0.890. The molecule has 0 aliphatic carbocycles. The van der Waals surface area contributed by atoms with Crippen LogP contribution in [-0.4, -0.2) is 47.5 Å². The van der Waals surface area contributed by atoms with Gasteiger partial charge < -0.3 is 14.7 Å². The molecule has 1 aliphatic heterocycles. The lowest BCUT2D eigenvalue weighted by atomic mass is 9.94. The number of anilines is 1. The van der Waals surface area contributed by atoms with Crippen molar-refractivity contribution in [3.05, 3.63) is 17.6 Å². The van der Waals surface area contributed by atoms with Crippen molar-refractivity contribution >= 4 is 5.82 Å². The molecule has 0 aromatic carbocycles. The topological polar surface area (TPSA) is 58.5 Å². The number of ether oxygens (including phenoxy) is 1. The van der Waals surface area contributed by atoms with Crippen LogP contribution < -0.4 is 4.90 Å². The van der Waals surface area contributed by atoms with Gasteiger partial charge in [0.25, 0.3) is 0 Å². The molecule has 0 bridgehead atoms. The highest BCUT2D eigenvalue weighted by molar-refractivity contribution is 5.39. The highest BCUT2D eigenvalue weighted by atomic mass is 16.5. The Morgan fingerprint density at radius 1 is 1.37 bits per heavy atom. The predicted octanol–water partition coefficient (Wildman–Crippen LogP) is 1.33. The van der Waals surface area contributed by atoms with Gasteiger partial charge in [-0.25, -0.2) is 9.97 Å². The second kappa shape index (κ2) is 5.84. The summed E-state index contributed by atoms with van der Waals surface area (Å²) in [6.45, 7) is 5.86. The zero-order valence-corrected chi connectivity index (χ0v) is 12.0. The first kappa shape index (κ1) is 14.2. The number of aromatic nitrogens is 2. The van der Waals surface area contributed by atoms with E-state index in [1.165, 1.54) is 0 Å². The number of aliphatic hydroxyl groups is 1. The van der Waals surface area contributed by atoms with Crippen LogP contribution in [0.15, 0.2) is 6.07 Å². The van der Waals surface area contributed by atoms with E-state index in [9.17, 15) is 5.11 Å². The summed E-state index contributed by atoms with van der Waals surface area (Å²) >= 11 is 0. The first-order chi connectivity index (χ1) is 9.02. The summed E-state index contributed by atoms with van der Waals surface area (Å²) in [5.41, 5.74) is 0.297. The van der Waals surface area contributed by atoms with Crippen molar-refractivity contribution in [2.24, 2.45) is 0 Å². The Morgan fingerprint density at radius 2 is 2.05 bits per heavy atom. The first-order valence-corrected chi connectivity index (χ1v) is 6.88. The van der Waals surface area contributed by atoms with Crippen LogP contribution in [0.2, 0.25) is 0 Å². The van der Waals surface area contributed by atoms with Gasteiger partial charge in [-0.1, -0.05) is 6.92 Å². The van der Waals surface area contributed by atoms with Crippen molar-refractivity contribution in [2.75, 3.05) is 31.7 Å². The van der Waals surface area contributed by atoms with Gasteiger partial charge in [-0.2, -0.15) is 0 Å². The van der Waals surface area contributed by atoms with Gasteiger partial charge in [0.15, 0.2) is 0 Å². The summed E-state index contributed by atoms with van der Waals surface area (Å²) in [5.74, 6) is 1.73. The van der Waals surface area contributed by atoms with E-state index in [4.69, 9.17) is 4.74 Å². The molecular formula is C14H23N3O2. The Kier molecular flexibility index (Phi) is 4.37. The van der Waals surface area contributed by atoms with E-state index in [1.807, 2.05) is 31.9 Å². The molecular weight excluding hydrogens is 242 g/mol. The van der Waals surface area contributed by atoms with Gasteiger partial charge >= 0.3 is 0 Å². The number of rotatable bonds is 4. The zero-order valence-electron chi connectivity index (χ0n) is 12.0. The Bertz CT molecular complexity index is 431. The van der Waals surface area contributed by atoms with Gasteiger partial charge in [-0.05, 0) is 6.92 Å². The molecule has 0 atom stereocenters. The third kappa shape index (κ3) is 3.64. The predicted molar refractivity (Wildman–Crippen MR) is 74.4 cm³/mol. The van der Waals surface area contributed by atoms with Crippen LogP contribution in [0.5, 0.6) is 0 Å². The normalized spacial score (nSPS) is 18.3. The van der Waals surface area contributed by atoms with Crippen LogP contribution in [0, 0.1) is 6.92 Å². The van der Waals surface area contributed by atoms with E-state index < -0.39 is 5.60 Å². The lowest BCUT2D eigenvalue weighted by Gasteiger charge is -2.35. The lowest BCUT2D eigenvalue weighted by molar-refractivity contribution is -0.0573. The van der Waals surface area contributed by atoms with Gasteiger partial charge in [0.05, 0.1) is 5.60 Å². The number of aryl methyl sites for hydroxylation is 2. The summed E-state index contributed by atoms with van der Waals surface area (Å²) in [6, 6.07) is 1.96. The maximum atomic E-state index is 10.5. The summed E-state index contributed by atoms with van der Waals surface area (Å²) in [6.07, 6.45) is 2.19. The summed E-state index contributed by atoms with van der Waals surface area (Å²) < 4.78 is 5.30. The van der Waals surface area contributed by atoms with E-state index in [0.29, 0.717) is 32.6 Å². The van der Waals surface area contributed by atoms with Gasteiger partial charge in [-0.3, -0.25) is 0 Å². The second-order valence-electron chi connectivity index (χ2n) is 5.33. The highest BCUT2D eigenvalue weighted by Crippen LogP contribution is 2.23. The smallest absolute Gasteiger partial charge is 0.132 e. The summed E-state index contributed by atoms with van der Waals surface area (Å²) in [4.78, 5) is 10.9. The van der Waals surface area contributed by atoms with E-state index in [1.54, 1.807) is 0 Å². The summed E-state index contributed by atoms with van der Waals surface area (Å²) in [7, 11) is 1.97. The van der Waals surface area contributed by atoms with Crippen LogP contribution in [0.1, 0.15) is 31.3 Å². The average Bonchev–Trinajstić information content (AvgIpc) is 2.38. The second-order valence-corrected chi connectivity index (χ2v) is 5.33. The van der Waals surface area contributed by atoms with Crippen molar-refractivity contribution in [3.8, 4) is 0 Å². The van der Waals surface area contributed by atoms with Crippen molar-refractivity contribution in [2.45, 2.75) is 38.7 Å². The van der Waals surface area contributed by atoms with E-state index >= 15 is 0 Å². The standard InChI is InChI=1S/C14H23N3O2/c1-4-12-15-11(2)9-13(16-12)17(3)10-14(18)5-7-19-8-6-14/h9,18H,4-8,10H2,1-3H3. The third-order valence-corrected chi connectivity index (χ3v) is 3.55. The molecule has 1 aromatic heterocycles. The van der Waals surface area contributed by atoms with E-state index in [2.05, 4.69) is 9.97 Å². The molecule has 5 nitrogen and oxygen atoms in total. The average molecular weight is 265 g/mol. The fourth-order valence-corrected chi connectivity index (χ4v) is 2.40. The minimum atomic E-state index is -0.668.